The number of nitrogens with zero attached hydrogens (tertiary/aromatic N) is 2. The van der Waals surface area contributed by atoms with Crippen LogP contribution in [0.3, 0.4) is 0 Å². The number of hydrogen-bond donors (Lipinski definition) is 1. The lowest BCUT2D eigenvalue weighted by Gasteiger charge is -2.29. The van der Waals surface area contributed by atoms with E-state index in [1.165, 1.54) is 0 Å². The minimum atomic E-state index is -0.246. The molecular weight excluding hydrogens is 294 g/mol. The van der Waals surface area contributed by atoms with Crippen molar-refractivity contribution in [1.82, 2.24) is 15.4 Å². The second-order valence-electron chi connectivity index (χ2n) is 5.74. The van der Waals surface area contributed by atoms with E-state index in [1.807, 2.05) is 30.3 Å². The first-order chi connectivity index (χ1) is 11.2. The van der Waals surface area contributed by atoms with Crippen molar-refractivity contribution in [1.29, 1.82) is 0 Å². The number of hydrogen-bond acceptors (Lipinski definition) is 5. The van der Waals surface area contributed by atoms with Gasteiger partial charge >= 0.3 is 0 Å². The summed E-state index contributed by atoms with van der Waals surface area (Å²) in [5.41, 5.74) is 1.59. The van der Waals surface area contributed by atoms with E-state index < -0.39 is 0 Å². The molecule has 0 radical (unpaired) electrons. The zero-order valence-corrected chi connectivity index (χ0v) is 13.2. The molecule has 1 fully saturated rings. The van der Waals surface area contributed by atoms with Crippen LogP contribution in [-0.4, -0.2) is 55.4 Å². The van der Waals surface area contributed by atoms with Crippen molar-refractivity contribution in [3.05, 3.63) is 42.2 Å². The Labute approximate surface area is 135 Å². The first kappa shape index (κ1) is 15.7. The Morgan fingerprint density at radius 3 is 3.00 bits per heavy atom. The average molecular weight is 315 g/mol. The fourth-order valence-corrected chi connectivity index (χ4v) is 2.60. The number of likely N-dealkylation sites (N-methyl/N-ethyl adjacent to an activating group) is 1. The van der Waals surface area contributed by atoms with Crippen molar-refractivity contribution in [2.45, 2.75) is 12.5 Å². The Bertz CT molecular complexity index is 642. The topological polar surface area (TPSA) is 67.6 Å². The Kier molecular flexibility index (Phi) is 5.05. The fourth-order valence-electron chi connectivity index (χ4n) is 2.60. The van der Waals surface area contributed by atoms with Crippen LogP contribution >= 0.6 is 0 Å². The van der Waals surface area contributed by atoms with E-state index in [1.54, 1.807) is 6.07 Å². The largest absolute Gasteiger partial charge is 0.375 e. The van der Waals surface area contributed by atoms with Crippen LogP contribution in [0.5, 0.6) is 0 Å². The Morgan fingerprint density at radius 1 is 1.39 bits per heavy atom. The summed E-state index contributed by atoms with van der Waals surface area (Å²) >= 11 is 0. The van der Waals surface area contributed by atoms with E-state index in [4.69, 9.17) is 9.26 Å². The third-order valence-electron chi connectivity index (χ3n) is 3.90. The number of ether oxygens (including phenoxy) is 1. The molecule has 3 rings (SSSR count). The van der Waals surface area contributed by atoms with Gasteiger partial charge in [-0.15, -0.1) is 0 Å². The van der Waals surface area contributed by atoms with E-state index in [9.17, 15) is 4.79 Å². The van der Waals surface area contributed by atoms with Crippen LogP contribution in [0.4, 0.5) is 0 Å². The molecule has 1 atom stereocenters. The maximum absolute atomic E-state index is 12.1. The van der Waals surface area contributed by atoms with Crippen LogP contribution in [-0.2, 0) is 4.74 Å². The van der Waals surface area contributed by atoms with Crippen molar-refractivity contribution in [2.24, 2.45) is 0 Å². The predicted octanol–water partition coefficient (Wildman–Crippen LogP) is 1.79. The molecule has 1 aliphatic rings. The number of aromatic nitrogens is 1. The molecule has 23 heavy (non-hydrogen) atoms. The van der Waals surface area contributed by atoms with E-state index >= 15 is 0 Å². The molecule has 0 bridgehead atoms. The van der Waals surface area contributed by atoms with Gasteiger partial charge in [0.2, 0.25) is 5.76 Å². The maximum Gasteiger partial charge on any atom is 0.289 e. The van der Waals surface area contributed by atoms with Crippen molar-refractivity contribution in [2.75, 3.05) is 33.3 Å². The van der Waals surface area contributed by atoms with Crippen molar-refractivity contribution in [3.8, 4) is 11.3 Å². The maximum atomic E-state index is 12.1. The number of carbonyl (C=O) groups excluding carboxylic acids is 1. The summed E-state index contributed by atoms with van der Waals surface area (Å²) in [6, 6.07) is 11.3. The quantitative estimate of drug-likeness (QED) is 0.911. The molecule has 0 saturated carbocycles. The van der Waals surface area contributed by atoms with Crippen LogP contribution in [0, 0.1) is 0 Å². The first-order valence-electron chi connectivity index (χ1n) is 7.83. The third-order valence-corrected chi connectivity index (χ3v) is 3.90. The molecule has 1 aromatic heterocycles. The molecule has 1 aliphatic heterocycles. The lowest BCUT2D eigenvalue weighted by molar-refractivity contribution is -0.0226. The minimum absolute atomic E-state index is 0.170. The summed E-state index contributed by atoms with van der Waals surface area (Å²) in [5, 5.41) is 6.80. The average Bonchev–Trinajstić information content (AvgIpc) is 3.06. The Hall–Kier alpha value is -2.18. The van der Waals surface area contributed by atoms with Gasteiger partial charge in [0.15, 0.2) is 0 Å². The van der Waals surface area contributed by atoms with Crippen LogP contribution < -0.4 is 5.32 Å². The summed E-state index contributed by atoms with van der Waals surface area (Å²) in [5.74, 6) is -0.0191. The number of morpholine rings is 1. The van der Waals surface area contributed by atoms with Crippen LogP contribution in [0.25, 0.3) is 11.3 Å². The van der Waals surface area contributed by atoms with Crippen molar-refractivity contribution in [3.63, 3.8) is 0 Å². The smallest absolute Gasteiger partial charge is 0.289 e. The van der Waals surface area contributed by atoms with Crippen molar-refractivity contribution >= 4 is 5.91 Å². The predicted molar refractivity (Wildman–Crippen MR) is 86.1 cm³/mol. The highest BCUT2D eigenvalue weighted by Gasteiger charge is 2.18. The van der Waals surface area contributed by atoms with Crippen LogP contribution in [0.2, 0.25) is 0 Å². The van der Waals surface area contributed by atoms with Crippen LogP contribution in [0.15, 0.2) is 40.9 Å². The SMILES string of the molecule is CN1CCOC(CCNC(=O)c2cc(-c3ccccc3)no2)C1. The fraction of sp³-hybridized carbons (Fsp3) is 0.412. The van der Waals surface area contributed by atoms with Gasteiger partial charge < -0.3 is 19.5 Å². The summed E-state index contributed by atoms with van der Waals surface area (Å²) < 4.78 is 10.8. The minimum Gasteiger partial charge on any atom is -0.375 e. The molecule has 0 aliphatic carbocycles. The molecule has 122 valence electrons. The molecule has 1 N–H and O–H groups in total. The summed E-state index contributed by atoms with van der Waals surface area (Å²) in [4.78, 5) is 14.3. The summed E-state index contributed by atoms with van der Waals surface area (Å²) in [6.45, 7) is 3.16. The van der Waals surface area contributed by atoms with Gasteiger partial charge in [-0.25, -0.2) is 0 Å². The molecular formula is C17H21N3O3. The molecule has 2 heterocycles. The van der Waals surface area contributed by atoms with E-state index in [0.717, 1.165) is 31.7 Å². The van der Waals surface area contributed by atoms with Gasteiger partial charge in [-0.1, -0.05) is 35.5 Å². The van der Waals surface area contributed by atoms with Gasteiger partial charge in [0.25, 0.3) is 5.91 Å². The lowest BCUT2D eigenvalue weighted by atomic mass is 10.1. The normalized spacial score (nSPS) is 18.7. The summed E-state index contributed by atoms with van der Waals surface area (Å²) in [6.07, 6.45) is 0.958. The second-order valence-corrected chi connectivity index (χ2v) is 5.74. The third kappa shape index (κ3) is 4.18. The highest BCUT2D eigenvalue weighted by Crippen LogP contribution is 2.18. The van der Waals surface area contributed by atoms with Gasteiger partial charge in [-0.3, -0.25) is 4.79 Å². The van der Waals surface area contributed by atoms with Gasteiger partial charge in [-0.2, -0.15) is 0 Å². The highest BCUT2D eigenvalue weighted by molar-refractivity contribution is 5.92. The van der Waals surface area contributed by atoms with Gasteiger partial charge in [-0.05, 0) is 13.5 Å². The molecule has 2 aromatic rings. The molecule has 1 aromatic carbocycles. The Balaban J connectivity index is 1.50. The molecule has 6 heteroatoms. The number of benzene rings is 1. The number of rotatable bonds is 5. The monoisotopic (exact) mass is 315 g/mol. The zero-order valence-electron chi connectivity index (χ0n) is 13.2. The first-order valence-corrected chi connectivity index (χ1v) is 7.83. The number of amides is 1. The molecule has 1 unspecified atom stereocenters. The molecule has 0 spiro atoms. The lowest BCUT2D eigenvalue weighted by Crippen LogP contribution is -2.41. The summed E-state index contributed by atoms with van der Waals surface area (Å²) in [7, 11) is 2.08. The second kappa shape index (κ2) is 7.39. The highest BCUT2D eigenvalue weighted by atomic mass is 16.5. The van der Waals surface area contributed by atoms with Crippen LogP contribution in [0.1, 0.15) is 17.0 Å². The van der Waals surface area contributed by atoms with Gasteiger partial charge in [0.1, 0.15) is 5.69 Å². The van der Waals surface area contributed by atoms with Crippen molar-refractivity contribution < 1.29 is 14.1 Å². The zero-order chi connectivity index (χ0) is 16.1. The Morgan fingerprint density at radius 2 is 2.22 bits per heavy atom. The standard InChI is InChI=1S/C17H21N3O3/c1-20-9-10-22-14(12-20)7-8-18-17(21)16-11-15(19-23-16)13-5-3-2-4-6-13/h2-6,11,14H,7-10,12H2,1H3,(H,18,21). The number of carbonyl (C=O) groups is 1. The molecule has 1 saturated heterocycles. The van der Waals surface area contributed by atoms with E-state index in [0.29, 0.717) is 12.2 Å². The molecule has 1 amide bonds. The van der Waals surface area contributed by atoms with Gasteiger partial charge in [0, 0.05) is 31.3 Å². The van der Waals surface area contributed by atoms with E-state index in [2.05, 4.69) is 22.4 Å². The molecule has 6 nitrogen and oxygen atoms in total. The van der Waals surface area contributed by atoms with Gasteiger partial charge in [0.05, 0.1) is 12.7 Å². The number of nitrogens with one attached hydrogen (secondary N) is 1. The van der Waals surface area contributed by atoms with E-state index in [-0.39, 0.29) is 17.8 Å².